The van der Waals surface area contributed by atoms with Crippen LogP contribution >= 0.6 is 0 Å². The summed E-state index contributed by atoms with van der Waals surface area (Å²) in [4.78, 5) is 4.24. The highest BCUT2D eigenvalue weighted by atomic mass is 16.5. The largest absolute Gasteiger partial charge is 0.337 e. The summed E-state index contributed by atoms with van der Waals surface area (Å²) >= 11 is 0. The van der Waals surface area contributed by atoms with Crippen molar-refractivity contribution in [2.24, 2.45) is 11.7 Å². The summed E-state index contributed by atoms with van der Waals surface area (Å²) < 4.78 is 5.17. The maximum atomic E-state index is 6.29. The van der Waals surface area contributed by atoms with Crippen molar-refractivity contribution in [2.45, 2.75) is 45.1 Å². The normalized spacial score (nSPS) is 33.2. The molecule has 2 unspecified atom stereocenters. The minimum absolute atomic E-state index is 0.376. The van der Waals surface area contributed by atoms with Crippen LogP contribution in [0.2, 0.25) is 0 Å². The predicted molar refractivity (Wildman–Crippen MR) is 52.5 cm³/mol. The van der Waals surface area contributed by atoms with Gasteiger partial charge in [0.15, 0.2) is 5.82 Å². The average molecular weight is 195 g/mol. The Bertz CT molecular complexity index is 323. The van der Waals surface area contributed by atoms with Crippen molar-refractivity contribution in [1.29, 1.82) is 0 Å². The summed E-state index contributed by atoms with van der Waals surface area (Å²) in [6, 6.07) is 0. The first kappa shape index (κ1) is 9.65. The molecule has 0 spiro atoms. The van der Waals surface area contributed by atoms with Crippen molar-refractivity contribution in [3.8, 4) is 0 Å². The zero-order valence-electron chi connectivity index (χ0n) is 8.79. The lowest BCUT2D eigenvalue weighted by atomic mass is 9.77. The Morgan fingerprint density at radius 2 is 2.36 bits per heavy atom. The highest BCUT2D eigenvalue weighted by Crippen LogP contribution is 2.36. The summed E-state index contributed by atoms with van der Waals surface area (Å²) in [5.74, 6) is 1.94. The van der Waals surface area contributed by atoms with Gasteiger partial charge in [-0.05, 0) is 25.7 Å². The lowest BCUT2D eigenvalue weighted by Gasteiger charge is -2.33. The predicted octanol–water partition coefficient (Wildman–Crippen LogP) is 1.74. The van der Waals surface area contributed by atoms with Crippen molar-refractivity contribution in [3.05, 3.63) is 11.7 Å². The second kappa shape index (κ2) is 3.35. The fourth-order valence-electron chi connectivity index (χ4n) is 2.29. The summed E-state index contributed by atoms with van der Waals surface area (Å²) in [5.41, 5.74) is 5.91. The van der Waals surface area contributed by atoms with Gasteiger partial charge in [0.05, 0.1) is 5.54 Å². The van der Waals surface area contributed by atoms with E-state index in [4.69, 9.17) is 10.3 Å². The lowest BCUT2D eigenvalue weighted by molar-refractivity contribution is 0.183. The van der Waals surface area contributed by atoms with Crippen LogP contribution in [0.25, 0.3) is 0 Å². The molecule has 14 heavy (non-hydrogen) atoms. The van der Waals surface area contributed by atoms with Gasteiger partial charge in [-0.25, -0.2) is 0 Å². The molecule has 4 heteroatoms. The molecule has 1 fully saturated rings. The van der Waals surface area contributed by atoms with E-state index in [1.165, 1.54) is 6.42 Å². The van der Waals surface area contributed by atoms with Crippen LogP contribution in [-0.4, -0.2) is 10.1 Å². The summed E-state index contributed by atoms with van der Waals surface area (Å²) in [6.45, 7) is 4.05. The monoisotopic (exact) mass is 195 g/mol. The van der Waals surface area contributed by atoms with Gasteiger partial charge in [-0.1, -0.05) is 24.9 Å². The summed E-state index contributed by atoms with van der Waals surface area (Å²) in [5, 5.41) is 3.80. The molecular weight excluding hydrogens is 178 g/mol. The van der Waals surface area contributed by atoms with E-state index in [2.05, 4.69) is 17.1 Å². The number of aromatic nitrogens is 2. The summed E-state index contributed by atoms with van der Waals surface area (Å²) in [7, 11) is 0. The molecule has 0 bridgehead atoms. The zero-order valence-corrected chi connectivity index (χ0v) is 8.79. The van der Waals surface area contributed by atoms with Gasteiger partial charge < -0.3 is 10.3 Å². The second-order valence-corrected chi connectivity index (χ2v) is 4.50. The molecule has 0 saturated heterocycles. The number of nitrogens with zero attached hydrogens (tertiary/aromatic N) is 2. The van der Waals surface area contributed by atoms with Gasteiger partial charge in [0.2, 0.25) is 5.89 Å². The fraction of sp³-hybridized carbons (Fsp3) is 0.800. The first-order chi connectivity index (χ1) is 6.60. The molecule has 1 aromatic rings. The number of hydrogen-bond acceptors (Lipinski definition) is 4. The van der Waals surface area contributed by atoms with Crippen LogP contribution in [0.5, 0.6) is 0 Å². The fourth-order valence-corrected chi connectivity index (χ4v) is 2.29. The first-order valence-corrected chi connectivity index (χ1v) is 5.20. The first-order valence-electron chi connectivity index (χ1n) is 5.20. The topological polar surface area (TPSA) is 64.9 Å². The highest BCUT2D eigenvalue weighted by molar-refractivity contribution is 5.03. The van der Waals surface area contributed by atoms with Gasteiger partial charge in [0, 0.05) is 0 Å². The Morgan fingerprint density at radius 3 is 2.93 bits per heavy atom. The number of nitrogens with two attached hydrogens (primary N) is 1. The molecule has 2 N–H and O–H groups in total. The van der Waals surface area contributed by atoms with Crippen molar-refractivity contribution in [1.82, 2.24) is 10.1 Å². The highest BCUT2D eigenvalue weighted by Gasteiger charge is 2.37. The third-order valence-corrected chi connectivity index (χ3v) is 2.99. The molecule has 1 aliphatic carbocycles. The third-order valence-electron chi connectivity index (χ3n) is 2.99. The van der Waals surface area contributed by atoms with Crippen LogP contribution < -0.4 is 5.73 Å². The van der Waals surface area contributed by atoms with Crippen LogP contribution in [0.15, 0.2) is 4.52 Å². The van der Waals surface area contributed by atoms with Crippen LogP contribution in [0.1, 0.15) is 44.3 Å². The van der Waals surface area contributed by atoms with Gasteiger partial charge in [-0.3, -0.25) is 0 Å². The zero-order chi connectivity index (χ0) is 10.2. The standard InChI is InChI=1S/C10H17N3O/c1-7-4-3-5-10(11,6-7)9-12-8(2)13-14-9/h7H,3-6,11H2,1-2H3. The van der Waals surface area contributed by atoms with E-state index in [1.807, 2.05) is 6.92 Å². The van der Waals surface area contributed by atoms with Crippen LogP contribution in [0.4, 0.5) is 0 Å². The molecule has 1 aromatic heterocycles. The Kier molecular flexibility index (Phi) is 2.31. The Labute approximate surface area is 83.9 Å². The van der Waals surface area contributed by atoms with E-state index in [-0.39, 0.29) is 5.54 Å². The van der Waals surface area contributed by atoms with Crippen LogP contribution in [0.3, 0.4) is 0 Å². The van der Waals surface area contributed by atoms with Gasteiger partial charge in [-0.2, -0.15) is 4.98 Å². The van der Waals surface area contributed by atoms with Gasteiger partial charge in [0.25, 0.3) is 0 Å². The molecule has 0 amide bonds. The number of hydrogen-bond donors (Lipinski definition) is 1. The van der Waals surface area contributed by atoms with E-state index < -0.39 is 0 Å². The molecule has 78 valence electrons. The van der Waals surface area contributed by atoms with E-state index >= 15 is 0 Å². The minimum atomic E-state index is -0.376. The Morgan fingerprint density at radius 1 is 1.57 bits per heavy atom. The maximum Gasteiger partial charge on any atom is 0.246 e. The van der Waals surface area contributed by atoms with E-state index in [0.29, 0.717) is 17.6 Å². The Hall–Kier alpha value is -0.900. The Balaban J connectivity index is 2.22. The van der Waals surface area contributed by atoms with Crippen molar-refractivity contribution >= 4 is 0 Å². The lowest BCUT2D eigenvalue weighted by Crippen LogP contribution is -2.41. The van der Waals surface area contributed by atoms with E-state index in [0.717, 1.165) is 19.3 Å². The minimum Gasteiger partial charge on any atom is -0.337 e. The SMILES string of the molecule is Cc1noc(C2(N)CCCC(C)C2)n1. The molecule has 4 nitrogen and oxygen atoms in total. The third kappa shape index (κ3) is 1.66. The van der Waals surface area contributed by atoms with Gasteiger partial charge in [0.1, 0.15) is 0 Å². The smallest absolute Gasteiger partial charge is 0.246 e. The average Bonchev–Trinajstić information content (AvgIpc) is 2.52. The molecular formula is C10H17N3O. The summed E-state index contributed by atoms with van der Waals surface area (Å²) in [6.07, 6.45) is 4.32. The number of aryl methyl sites for hydroxylation is 1. The molecule has 1 aliphatic rings. The second-order valence-electron chi connectivity index (χ2n) is 4.50. The molecule has 0 radical (unpaired) electrons. The van der Waals surface area contributed by atoms with E-state index in [1.54, 1.807) is 0 Å². The van der Waals surface area contributed by atoms with Crippen molar-refractivity contribution in [2.75, 3.05) is 0 Å². The van der Waals surface area contributed by atoms with Gasteiger partial charge in [-0.15, -0.1) is 0 Å². The van der Waals surface area contributed by atoms with Crippen molar-refractivity contribution in [3.63, 3.8) is 0 Å². The molecule has 0 aromatic carbocycles. The molecule has 1 heterocycles. The van der Waals surface area contributed by atoms with Crippen LogP contribution in [0, 0.1) is 12.8 Å². The van der Waals surface area contributed by atoms with Gasteiger partial charge >= 0.3 is 0 Å². The molecule has 1 saturated carbocycles. The molecule has 0 aliphatic heterocycles. The molecule has 2 rings (SSSR count). The number of rotatable bonds is 1. The van der Waals surface area contributed by atoms with Crippen LogP contribution in [-0.2, 0) is 5.54 Å². The van der Waals surface area contributed by atoms with Crippen molar-refractivity contribution < 1.29 is 4.52 Å². The maximum absolute atomic E-state index is 6.29. The quantitative estimate of drug-likeness (QED) is 0.741. The molecule has 2 atom stereocenters. The van der Waals surface area contributed by atoms with E-state index in [9.17, 15) is 0 Å².